The van der Waals surface area contributed by atoms with Crippen LogP contribution in [0.1, 0.15) is 25.7 Å². The van der Waals surface area contributed by atoms with E-state index in [1.807, 2.05) is 0 Å². The van der Waals surface area contributed by atoms with E-state index >= 15 is 0 Å². The number of nitrogens with zero attached hydrogens (tertiary/aromatic N) is 1. The number of hydrogen-bond donors (Lipinski definition) is 2. The van der Waals surface area contributed by atoms with E-state index in [1.165, 1.54) is 0 Å². The molecule has 0 amide bonds. The number of rotatable bonds is 5. The van der Waals surface area contributed by atoms with Gasteiger partial charge in [0.15, 0.2) is 0 Å². The van der Waals surface area contributed by atoms with Gasteiger partial charge in [-0.3, -0.25) is 14.9 Å². The van der Waals surface area contributed by atoms with Crippen molar-refractivity contribution in [2.24, 2.45) is 5.41 Å². The van der Waals surface area contributed by atoms with Gasteiger partial charge in [-0.05, 0) is 12.8 Å². The number of nitrogens with one attached hydrogen (secondary N) is 1. The molecule has 2 N–H and O–H groups in total. The summed E-state index contributed by atoms with van der Waals surface area (Å²) >= 11 is 5.53. The van der Waals surface area contributed by atoms with Crippen LogP contribution in [0.4, 0.5) is 15.8 Å². The van der Waals surface area contributed by atoms with E-state index in [0.717, 1.165) is 25.0 Å². The van der Waals surface area contributed by atoms with Gasteiger partial charge >= 0.3 is 5.97 Å². The number of carboxylic acid groups (broad SMARTS) is 1. The topological polar surface area (TPSA) is 92.5 Å². The molecular weight excluding hydrogens is 303 g/mol. The Balaban J connectivity index is 2.25. The van der Waals surface area contributed by atoms with Gasteiger partial charge in [0.05, 0.1) is 15.4 Å². The SMILES string of the molecule is O=C(O)C1(CNc2cc(F)c(Cl)cc2[N+](=O)[O-])CCCC1. The molecule has 0 aliphatic heterocycles. The lowest BCUT2D eigenvalue weighted by atomic mass is 9.86. The van der Waals surface area contributed by atoms with Gasteiger partial charge in [-0.25, -0.2) is 4.39 Å². The molecule has 1 saturated carbocycles. The van der Waals surface area contributed by atoms with Gasteiger partial charge in [0.1, 0.15) is 11.5 Å². The monoisotopic (exact) mass is 316 g/mol. The van der Waals surface area contributed by atoms with Crippen molar-refractivity contribution in [3.05, 3.63) is 33.1 Å². The van der Waals surface area contributed by atoms with Gasteiger partial charge in [-0.1, -0.05) is 24.4 Å². The summed E-state index contributed by atoms with van der Waals surface area (Å²) in [6, 6.07) is 1.84. The summed E-state index contributed by atoms with van der Waals surface area (Å²) < 4.78 is 13.5. The molecule has 0 radical (unpaired) electrons. The van der Waals surface area contributed by atoms with Gasteiger partial charge in [0.25, 0.3) is 5.69 Å². The molecule has 1 aliphatic carbocycles. The first kappa shape index (κ1) is 15.5. The van der Waals surface area contributed by atoms with E-state index in [-0.39, 0.29) is 22.9 Å². The normalized spacial score (nSPS) is 16.7. The van der Waals surface area contributed by atoms with Crippen molar-refractivity contribution in [2.45, 2.75) is 25.7 Å². The zero-order valence-corrected chi connectivity index (χ0v) is 11.8. The number of carboxylic acids is 1. The van der Waals surface area contributed by atoms with Crippen molar-refractivity contribution in [3.63, 3.8) is 0 Å². The minimum Gasteiger partial charge on any atom is -0.481 e. The average Bonchev–Trinajstić information content (AvgIpc) is 2.89. The molecule has 1 fully saturated rings. The molecule has 6 nitrogen and oxygen atoms in total. The molecule has 0 heterocycles. The second-order valence-electron chi connectivity index (χ2n) is 5.19. The van der Waals surface area contributed by atoms with Gasteiger partial charge in [0, 0.05) is 18.7 Å². The lowest BCUT2D eigenvalue weighted by Gasteiger charge is -2.24. The first-order valence-corrected chi connectivity index (χ1v) is 6.84. The van der Waals surface area contributed by atoms with Gasteiger partial charge in [0.2, 0.25) is 0 Å². The largest absolute Gasteiger partial charge is 0.481 e. The van der Waals surface area contributed by atoms with Crippen molar-refractivity contribution < 1.29 is 19.2 Å². The number of benzene rings is 1. The van der Waals surface area contributed by atoms with Crippen LogP contribution in [0, 0.1) is 21.3 Å². The van der Waals surface area contributed by atoms with E-state index in [4.69, 9.17) is 11.6 Å². The molecule has 21 heavy (non-hydrogen) atoms. The molecule has 0 atom stereocenters. The van der Waals surface area contributed by atoms with E-state index in [1.54, 1.807) is 0 Å². The molecule has 1 aromatic rings. The fourth-order valence-corrected chi connectivity index (χ4v) is 2.77. The maximum absolute atomic E-state index is 13.5. The first-order chi connectivity index (χ1) is 9.85. The smallest absolute Gasteiger partial charge is 0.311 e. The van der Waals surface area contributed by atoms with Crippen molar-refractivity contribution in [1.82, 2.24) is 0 Å². The van der Waals surface area contributed by atoms with E-state index in [2.05, 4.69) is 5.32 Å². The van der Waals surface area contributed by atoms with E-state index in [0.29, 0.717) is 12.8 Å². The van der Waals surface area contributed by atoms with Crippen LogP contribution in [-0.4, -0.2) is 22.5 Å². The highest BCUT2D eigenvalue weighted by Gasteiger charge is 2.41. The number of nitro benzene ring substituents is 1. The van der Waals surface area contributed by atoms with Gasteiger partial charge < -0.3 is 10.4 Å². The van der Waals surface area contributed by atoms with E-state index < -0.39 is 22.1 Å². The average molecular weight is 317 g/mol. The van der Waals surface area contributed by atoms with Crippen molar-refractivity contribution in [1.29, 1.82) is 0 Å². The molecule has 1 aromatic carbocycles. The van der Waals surface area contributed by atoms with Crippen molar-refractivity contribution in [2.75, 3.05) is 11.9 Å². The highest BCUT2D eigenvalue weighted by Crippen LogP contribution is 2.39. The predicted octanol–water partition coefficient (Wildman–Crippen LogP) is 3.44. The summed E-state index contributed by atoms with van der Waals surface area (Å²) in [6.45, 7) is 0.0181. The zero-order chi connectivity index (χ0) is 15.6. The van der Waals surface area contributed by atoms with Gasteiger partial charge in [-0.2, -0.15) is 0 Å². The summed E-state index contributed by atoms with van der Waals surface area (Å²) in [6.07, 6.45) is 2.59. The highest BCUT2D eigenvalue weighted by atomic mass is 35.5. The van der Waals surface area contributed by atoms with Crippen LogP contribution < -0.4 is 5.32 Å². The van der Waals surface area contributed by atoms with Crippen molar-refractivity contribution in [3.8, 4) is 0 Å². The van der Waals surface area contributed by atoms with Crippen LogP contribution in [0.15, 0.2) is 12.1 Å². The standard InChI is InChI=1S/C13H14ClFN2O4/c14-8-5-11(17(20)21)10(6-9(8)15)16-7-13(12(18)19)3-1-2-4-13/h5-6,16H,1-4,7H2,(H,18,19). The fourth-order valence-electron chi connectivity index (χ4n) is 2.61. The summed E-state index contributed by atoms with van der Waals surface area (Å²) in [7, 11) is 0. The Morgan fingerprint density at radius 2 is 2.10 bits per heavy atom. The second kappa shape index (κ2) is 5.85. The third-order valence-corrected chi connectivity index (χ3v) is 4.16. The summed E-state index contributed by atoms with van der Waals surface area (Å²) in [5.41, 5.74) is -1.39. The van der Waals surface area contributed by atoms with Crippen molar-refractivity contribution >= 4 is 28.9 Å². The molecular formula is C13H14ClFN2O4. The Morgan fingerprint density at radius 3 is 2.62 bits per heavy atom. The van der Waals surface area contributed by atoms with Crippen LogP contribution in [0.5, 0.6) is 0 Å². The minimum absolute atomic E-state index is 0.0181. The number of hydrogen-bond acceptors (Lipinski definition) is 4. The maximum Gasteiger partial charge on any atom is 0.311 e. The third-order valence-electron chi connectivity index (χ3n) is 3.87. The second-order valence-corrected chi connectivity index (χ2v) is 5.59. The number of aliphatic carboxylic acids is 1. The molecule has 0 bridgehead atoms. The summed E-state index contributed by atoms with van der Waals surface area (Å²) in [5, 5.41) is 22.7. The van der Waals surface area contributed by atoms with Crippen LogP contribution in [0.3, 0.4) is 0 Å². The third kappa shape index (κ3) is 3.07. The van der Waals surface area contributed by atoms with Gasteiger partial charge in [-0.15, -0.1) is 0 Å². The molecule has 1 aliphatic rings. The molecule has 0 saturated heterocycles. The molecule has 8 heteroatoms. The van der Waals surface area contributed by atoms with E-state index in [9.17, 15) is 24.4 Å². The van der Waals surface area contributed by atoms with Crippen LogP contribution in [-0.2, 0) is 4.79 Å². The molecule has 114 valence electrons. The molecule has 0 unspecified atom stereocenters. The number of carbonyl (C=O) groups is 1. The van der Waals surface area contributed by atoms with Crippen LogP contribution in [0.2, 0.25) is 5.02 Å². The number of halogens is 2. The molecule has 0 aromatic heterocycles. The lowest BCUT2D eigenvalue weighted by Crippen LogP contribution is -2.35. The maximum atomic E-state index is 13.5. The molecule has 0 spiro atoms. The Hall–Kier alpha value is -1.89. The number of nitro groups is 1. The van der Waals surface area contributed by atoms with Crippen LogP contribution in [0.25, 0.3) is 0 Å². The quantitative estimate of drug-likeness (QED) is 0.641. The Bertz CT molecular complexity index is 588. The Kier molecular flexibility index (Phi) is 4.32. The number of anilines is 1. The Morgan fingerprint density at radius 1 is 1.48 bits per heavy atom. The molecule has 2 rings (SSSR count). The highest BCUT2D eigenvalue weighted by molar-refractivity contribution is 6.31. The lowest BCUT2D eigenvalue weighted by molar-refractivity contribution is -0.384. The summed E-state index contributed by atoms with van der Waals surface area (Å²) in [4.78, 5) is 21.7. The summed E-state index contributed by atoms with van der Waals surface area (Å²) in [5.74, 6) is -1.73. The zero-order valence-electron chi connectivity index (χ0n) is 11.1. The first-order valence-electron chi connectivity index (χ1n) is 6.46. The van der Waals surface area contributed by atoms with Crippen LogP contribution >= 0.6 is 11.6 Å². The Labute approximate surface area is 125 Å². The predicted molar refractivity (Wildman–Crippen MR) is 75.1 cm³/mol. The minimum atomic E-state index is -0.954. The fraction of sp³-hybridized carbons (Fsp3) is 0.462.